The van der Waals surface area contributed by atoms with E-state index >= 15 is 0 Å². The van der Waals surface area contributed by atoms with E-state index in [1.54, 1.807) is 20.8 Å². The second kappa shape index (κ2) is 6.00. The minimum atomic E-state index is -3.66. The molecule has 1 aliphatic rings. The second-order valence-corrected chi connectivity index (χ2v) is 8.62. The van der Waals surface area contributed by atoms with Crippen molar-refractivity contribution in [2.45, 2.75) is 43.1 Å². The molecule has 1 aliphatic heterocycles. The van der Waals surface area contributed by atoms with E-state index in [1.165, 1.54) is 11.0 Å². The van der Waals surface area contributed by atoms with Gasteiger partial charge in [-0.2, -0.15) is 0 Å². The van der Waals surface area contributed by atoms with Gasteiger partial charge in [-0.3, -0.25) is 0 Å². The van der Waals surface area contributed by atoms with Gasteiger partial charge in [0.05, 0.1) is 5.25 Å². The van der Waals surface area contributed by atoms with Crippen molar-refractivity contribution in [1.29, 1.82) is 0 Å². The van der Waals surface area contributed by atoms with Gasteiger partial charge in [-0.05, 0) is 27.2 Å². The largest absolute Gasteiger partial charge is 0.444 e. The van der Waals surface area contributed by atoms with Crippen molar-refractivity contribution < 1.29 is 17.9 Å². The van der Waals surface area contributed by atoms with Gasteiger partial charge in [-0.1, -0.05) is 11.6 Å². The van der Waals surface area contributed by atoms with Crippen LogP contribution in [0.25, 0.3) is 0 Å². The maximum atomic E-state index is 12.5. The lowest BCUT2D eigenvalue weighted by molar-refractivity contribution is 0.0295. The minimum absolute atomic E-state index is 0.0653. The van der Waals surface area contributed by atoms with Crippen LogP contribution in [0.5, 0.6) is 0 Å². The fourth-order valence-electron chi connectivity index (χ4n) is 2.12. The van der Waals surface area contributed by atoms with Crippen molar-refractivity contribution in [2.75, 3.05) is 13.1 Å². The van der Waals surface area contributed by atoms with Crippen LogP contribution in [0, 0.1) is 0 Å². The number of hydrogen-bond acceptors (Lipinski definition) is 6. The van der Waals surface area contributed by atoms with Crippen LogP contribution in [0.4, 0.5) is 4.79 Å². The number of likely N-dealkylation sites (tertiary alicyclic amines) is 1. The molecular weight excluding hydrogens is 330 g/mol. The number of ether oxygens (including phenoxy) is 1. The van der Waals surface area contributed by atoms with Gasteiger partial charge < -0.3 is 9.64 Å². The zero-order chi connectivity index (χ0) is 16.5. The molecule has 2 rings (SSSR count). The molecule has 9 heteroatoms. The first-order chi connectivity index (χ1) is 10.1. The number of amides is 1. The Morgan fingerprint density at radius 3 is 2.68 bits per heavy atom. The van der Waals surface area contributed by atoms with Crippen LogP contribution < -0.4 is 0 Å². The standard InChI is InChI=1S/C13H18ClN3O4S/c1-13(2,3)21-12(18)17-5-4-9(7-17)22(19,20)11-6-10(14)15-8-16-11/h6,8-9H,4-5,7H2,1-3H3/t9-/m1/s1. The quantitative estimate of drug-likeness (QED) is 0.759. The fraction of sp³-hybridized carbons (Fsp3) is 0.615. The Morgan fingerprint density at radius 1 is 1.41 bits per heavy atom. The summed E-state index contributed by atoms with van der Waals surface area (Å²) in [5, 5.41) is -0.773. The molecule has 0 aliphatic carbocycles. The molecule has 1 amide bonds. The van der Waals surface area contributed by atoms with Crippen molar-refractivity contribution in [3.8, 4) is 0 Å². The number of nitrogens with zero attached hydrogens (tertiary/aromatic N) is 3. The number of hydrogen-bond donors (Lipinski definition) is 0. The van der Waals surface area contributed by atoms with Gasteiger partial charge in [-0.15, -0.1) is 0 Å². The highest BCUT2D eigenvalue weighted by Gasteiger charge is 2.38. The predicted octanol–water partition coefficient (Wildman–Crippen LogP) is 1.91. The molecule has 1 fully saturated rings. The maximum absolute atomic E-state index is 12.5. The lowest BCUT2D eigenvalue weighted by Crippen LogP contribution is -2.36. The summed E-state index contributed by atoms with van der Waals surface area (Å²) < 4.78 is 30.3. The van der Waals surface area contributed by atoms with Gasteiger partial charge in [0, 0.05) is 19.2 Å². The van der Waals surface area contributed by atoms with E-state index in [4.69, 9.17) is 16.3 Å². The van der Waals surface area contributed by atoms with Gasteiger partial charge in [0.25, 0.3) is 0 Å². The maximum Gasteiger partial charge on any atom is 0.410 e. The normalized spacial score (nSPS) is 19.3. The summed E-state index contributed by atoms with van der Waals surface area (Å²) in [6.07, 6.45) is 0.935. The summed E-state index contributed by atoms with van der Waals surface area (Å²) in [5.74, 6) is 0. The predicted molar refractivity (Wildman–Crippen MR) is 80.4 cm³/mol. The number of carbonyl (C=O) groups excluding carboxylic acids is 1. The molecule has 1 saturated heterocycles. The Labute approximate surface area is 134 Å². The van der Waals surface area contributed by atoms with Crippen LogP contribution in [-0.2, 0) is 14.6 Å². The summed E-state index contributed by atoms with van der Waals surface area (Å²) in [7, 11) is -3.66. The average Bonchev–Trinajstić information content (AvgIpc) is 2.87. The molecular formula is C13H18ClN3O4S. The zero-order valence-corrected chi connectivity index (χ0v) is 14.2. The van der Waals surface area contributed by atoms with E-state index in [-0.39, 0.29) is 16.7 Å². The molecule has 7 nitrogen and oxygen atoms in total. The summed E-state index contributed by atoms with van der Waals surface area (Å²) in [6, 6.07) is 1.22. The van der Waals surface area contributed by atoms with Crippen LogP contribution in [0.3, 0.4) is 0 Å². The second-order valence-electron chi connectivity index (χ2n) is 6.06. The molecule has 1 aromatic heterocycles. The van der Waals surface area contributed by atoms with Crippen LogP contribution >= 0.6 is 11.6 Å². The van der Waals surface area contributed by atoms with E-state index in [9.17, 15) is 13.2 Å². The van der Waals surface area contributed by atoms with Gasteiger partial charge in [-0.25, -0.2) is 23.2 Å². The molecule has 2 heterocycles. The number of aromatic nitrogens is 2. The Kier molecular flexibility index (Phi) is 4.62. The molecule has 0 aromatic carbocycles. The topological polar surface area (TPSA) is 89.5 Å². The zero-order valence-electron chi connectivity index (χ0n) is 12.6. The molecule has 0 bridgehead atoms. The molecule has 1 aromatic rings. The third-order valence-corrected chi connectivity index (χ3v) is 5.41. The summed E-state index contributed by atoms with van der Waals surface area (Å²) in [5.41, 5.74) is -0.617. The van der Waals surface area contributed by atoms with Crippen molar-refractivity contribution >= 4 is 27.5 Å². The van der Waals surface area contributed by atoms with Crippen molar-refractivity contribution in [3.05, 3.63) is 17.5 Å². The summed E-state index contributed by atoms with van der Waals surface area (Å²) in [4.78, 5) is 20.8. The van der Waals surface area contributed by atoms with Gasteiger partial charge >= 0.3 is 6.09 Å². The number of halogens is 1. The SMILES string of the molecule is CC(C)(C)OC(=O)N1CC[C@@H](S(=O)(=O)c2cc(Cl)ncn2)C1. The Balaban J connectivity index is 2.11. The van der Waals surface area contributed by atoms with E-state index in [1.807, 2.05) is 0 Å². The Hall–Kier alpha value is -1.41. The first-order valence-corrected chi connectivity index (χ1v) is 8.71. The molecule has 122 valence electrons. The highest BCUT2D eigenvalue weighted by molar-refractivity contribution is 7.92. The van der Waals surface area contributed by atoms with Gasteiger partial charge in [0.15, 0.2) is 14.9 Å². The first-order valence-electron chi connectivity index (χ1n) is 6.79. The molecule has 0 saturated carbocycles. The number of rotatable bonds is 2. The molecule has 0 radical (unpaired) electrons. The lowest BCUT2D eigenvalue weighted by atomic mass is 10.2. The number of sulfone groups is 1. The Morgan fingerprint density at radius 2 is 2.09 bits per heavy atom. The molecule has 0 spiro atoms. The lowest BCUT2D eigenvalue weighted by Gasteiger charge is -2.24. The van der Waals surface area contributed by atoms with Crippen LogP contribution in [0.2, 0.25) is 5.15 Å². The van der Waals surface area contributed by atoms with Crippen LogP contribution in [0.15, 0.2) is 17.4 Å². The highest BCUT2D eigenvalue weighted by atomic mass is 35.5. The third kappa shape index (κ3) is 3.86. The highest BCUT2D eigenvalue weighted by Crippen LogP contribution is 2.24. The number of carbonyl (C=O) groups is 1. The smallest absolute Gasteiger partial charge is 0.410 e. The summed E-state index contributed by atoms with van der Waals surface area (Å²) in [6.45, 7) is 5.70. The molecule has 0 N–H and O–H groups in total. The Bertz CT molecular complexity index is 672. The third-order valence-electron chi connectivity index (χ3n) is 3.14. The van der Waals surface area contributed by atoms with Crippen molar-refractivity contribution in [3.63, 3.8) is 0 Å². The van der Waals surface area contributed by atoms with Gasteiger partial charge in [0.1, 0.15) is 17.1 Å². The van der Waals surface area contributed by atoms with Gasteiger partial charge in [0.2, 0.25) is 0 Å². The molecule has 0 unspecified atom stereocenters. The van der Waals surface area contributed by atoms with E-state index in [2.05, 4.69) is 9.97 Å². The monoisotopic (exact) mass is 347 g/mol. The van der Waals surface area contributed by atoms with E-state index in [0.717, 1.165) is 6.33 Å². The summed E-state index contributed by atoms with van der Waals surface area (Å²) >= 11 is 5.71. The molecule has 22 heavy (non-hydrogen) atoms. The van der Waals surface area contributed by atoms with Crippen LogP contribution in [-0.4, -0.2) is 53.3 Å². The van der Waals surface area contributed by atoms with E-state index in [0.29, 0.717) is 13.0 Å². The molecule has 1 atom stereocenters. The first kappa shape index (κ1) is 17.0. The van der Waals surface area contributed by atoms with Crippen molar-refractivity contribution in [1.82, 2.24) is 14.9 Å². The minimum Gasteiger partial charge on any atom is -0.444 e. The van der Waals surface area contributed by atoms with Crippen LogP contribution in [0.1, 0.15) is 27.2 Å². The average molecular weight is 348 g/mol. The fourth-order valence-corrected chi connectivity index (χ4v) is 3.93. The van der Waals surface area contributed by atoms with E-state index < -0.39 is 26.8 Å². The van der Waals surface area contributed by atoms with Crippen molar-refractivity contribution in [2.24, 2.45) is 0 Å².